The highest BCUT2D eigenvalue weighted by molar-refractivity contribution is 5.95. The zero-order chi connectivity index (χ0) is 11.5. The summed E-state index contributed by atoms with van der Waals surface area (Å²) in [6.45, 7) is 2.57. The third-order valence-electron chi connectivity index (χ3n) is 2.72. The molecule has 4 nitrogen and oxygen atoms in total. The normalized spacial score (nSPS) is 13.6. The van der Waals surface area contributed by atoms with Crippen molar-refractivity contribution in [2.45, 2.75) is 32.6 Å². The second-order valence-electron chi connectivity index (χ2n) is 4.01. The summed E-state index contributed by atoms with van der Waals surface area (Å²) in [6.07, 6.45) is 3.93. The summed E-state index contributed by atoms with van der Waals surface area (Å²) >= 11 is 0. The summed E-state index contributed by atoms with van der Waals surface area (Å²) < 4.78 is 5.46. The smallest absolute Gasteiger partial charge is 0.254 e. The summed E-state index contributed by atoms with van der Waals surface area (Å²) in [5.41, 5.74) is 7.92. The average molecular weight is 220 g/mol. The molecule has 0 spiro atoms. The minimum atomic E-state index is -0.465. The van der Waals surface area contributed by atoms with E-state index in [0.717, 1.165) is 36.9 Å². The Morgan fingerprint density at radius 2 is 2.38 bits per heavy atom. The van der Waals surface area contributed by atoms with Crippen molar-refractivity contribution in [1.82, 2.24) is 4.98 Å². The Kier molecular flexibility index (Phi) is 3.08. The number of nitrogens with zero attached hydrogens (tertiary/aromatic N) is 1. The van der Waals surface area contributed by atoms with Crippen molar-refractivity contribution in [3.8, 4) is 5.88 Å². The number of primary amides is 1. The summed E-state index contributed by atoms with van der Waals surface area (Å²) in [6, 6.07) is 1.84. The van der Waals surface area contributed by atoms with Gasteiger partial charge in [-0.25, -0.2) is 4.98 Å². The molecule has 0 unspecified atom stereocenters. The van der Waals surface area contributed by atoms with Crippen molar-refractivity contribution >= 4 is 5.91 Å². The van der Waals surface area contributed by atoms with E-state index in [-0.39, 0.29) is 0 Å². The third kappa shape index (κ3) is 2.01. The molecule has 1 aromatic rings. The first-order chi connectivity index (χ1) is 7.72. The maximum Gasteiger partial charge on any atom is 0.254 e. The fourth-order valence-electron chi connectivity index (χ4n) is 1.94. The van der Waals surface area contributed by atoms with Crippen LogP contribution in [0.1, 0.15) is 41.4 Å². The van der Waals surface area contributed by atoms with E-state index in [1.54, 1.807) is 0 Å². The number of hydrogen-bond acceptors (Lipinski definition) is 3. The molecule has 1 aliphatic carbocycles. The Labute approximate surface area is 94.8 Å². The van der Waals surface area contributed by atoms with E-state index >= 15 is 0 Å². The number of ether oxygens (including phenoxy) is 1. The molecular formula is C12H16N2O2. The lowest BCUT2D eigenvalue weighted by molar-refractivity contribution is 0.0995. The minimum Gasteiger partial charge on any atom is -0.477 e. The van der Waals surface area contributed by atoms with Gasteiger partial charge in [0.1, 0.15) is 5.56 Å². The zero-order valence-electron chi connectivity index (χ0n) is 9.45. The standard InChI is InChI=1S/C12H16N2O2/c1-2-6-16-12-9(11(13)15)7-8-4-3-5-10(8)14-12/h7H,2-6H2,1H3,(H2,13,15). The van der Waals surface area contributed by atoms with Crippen LogP contribution in [-0.4, -0.2) is 17.5 Å². The van der Waals surface area contributed by atoms with Crippen molar-refractivity contribution in [3.05, 3.63) is 22.9 Å². The largest absolute Gasteiger partial charge is 0.477 e. The van der Waals surface area contributed by atoms with Crippen molar-refractivity contribution in [3.63, 3.8) is 0 Å². The van der Waals surface area contributed by atoms with Gasteiger partial charge in [0.15, 0.2) is 0 Å². The van der Waals surface area contributed by atoms with Crippen LogP contribution < -0.4 is 10.5 Å². The molecule has 0 radical (unpaired) electrons. The number of fused-ring (bicyclic) bond motifs is 1. The molecule has 4 heteroatoms. The van der Waals surface area contributed by atoms with E-state index in [4.69, 9.17) is 10.5 Å². The lowest BCUT2D eigenvalue weighted by atomic mass is 10.1. The van der Waals surface area contributed by atoms with E-state index in [1.165, 1.54) is 0 Å². The minimum absolute atomic E-state index is 0.398. The van der Waals surface area contributed by atoms with Crippen molar-refractivity contribution in [2.24, 2.45) is 5.73 Å². The molecule has 0 atom stereocenters. The Balaban J connectivity index is 2.36. The van der Waals surface area contributed by atoms with Crippen LogP contribution >= 0.6 is 0 Å². The first-order valence-electron chi connectivity index (χ1n) is 5.67. The molecule has 1 amide bonds. The van der Waals surface area contributed by atoms with Gasteiger partial charge in [-0.2, -0.15) is 0 Å². The molecular weight excluding hydrogens is 204 g/mol. The fourth-order valence-corrected chi connectivity index (χ4v) is 1.94. The van der Waals surface area contributed by atoms with Gasteiger partial charge < -0.3 is 10.5 Å². The van der Waals surface area contributed by atoms with Crippen LogP contribution in [0.15, 0.2) is 6.07 Å². The lowest BCUT2D eigenvalue weighted by Crippen LogP contribution is -2.15. The quantitative estimate of drug-likeness (QED) is 0.835. The topological polar surface area (TPSA) is 65.2 Å². The molecule has 1 aromatic heterocycles. The zero-order valence-corrected chi connectivity index (χ0v) is 9.45. The fraction of sp³-hybridized carbons (Fsp3) is 0.500. The van der Waals surface area contributed by atoms with Gasteiger partial charge in [-0.3, -0.25) is 4.79 Å². The predicted molar refractivity (Wildman–Crippen MR) is 60.6 cm³/mol. The predicted octanol–water partition coefficient (Wildman–Crippen LogP) is 1.46. The number of amides is 1. The molecule has 2 N–H and O–H groups in total. The van der Waals surface area contributed by atoms with Crippen LogP contribution in [0.4, 0.5) is 0 Å². The average Bonchev–Trinajstić information content (AvgIpc) is 2.71. The van der Waals surface area contributed by atoms with Gasteiger partial charge in [-0.15, -0.1) is 0 Å². The first-order valence-corrected chi connectivity index (χ1v) is 5.67. The molecule has 0 saturated carbocycles. The van der Waals surface area contributed by atoms with Gasteiger partial charge in [0.25, 0.3) is 5.91 Å². The Hall–Kier alpha value is -1.58. The van der Waals surface area contributed by atoms with E-state index in [1.807, 2.05) is 13.0 Å². The molecule has 0 fully saturated rings. The molecule has 0 bridgehead atoms. The van der Waals surface area contributed by atoms with Crippen molar-refractivity contribution in [1.29, 1.82) is 0 Å². The monoisotopic (exact) mass is 220 g/mol. The number of carbonyl (C=O) groups is 1. The Morgan fingerprint density at radius 1 is 1.56 bits per heavy atom. The lowest BCUT2D eigenvalue weighted by Gasteiger charge is -2.09. The van der Waals surface area contributed by atoms with Crippen LogP contribution in [0.5, 0.6) is 5.88 Å². The number of carbonyl (C=O) groups excluding carboxylic acids is 1. The maximum atomic E-state index is 11.3. The van der Waals surface area contributed by atoms with E-state index in [0.29, 0.717) is 18.1 Å². The van der Waals surface area contributed by atoms with Crippen LogP contribution in [0, 0.1) is 0 Å². The van der Waals surface area contributed by atoms with Crippen LogP contribution in [0.2, 0.25) is 0 Å². The first kappa shape index (κ1) is 10.9. The second kappa shape index (κ2) is 4.51. The van der Waals surface area contributed by atoms with E-state index in [9.17, 15) is 4.79 Å². The summed E-state index contributed by atoms with van der Waals surface area (Å²) in [7, 11) is 0. The third-order valence-corrected chi connectivity index (χ3v) is 2.72. The molecule has 1 heterocycles. The number of rotatable bonds is 4. The number of nitrogens with two attached hydrogens (primary N) is 1. The van der Waals surface area contributed by atoms with Crippen molar-refractivity contribution in [2.75, 3.05) is 6.61 Å². The molecule has 0 aliphatic heterocycles. The van der Waals surface area contributed by atoms with E-state index < -0.39 is 5.91 Å². The number of aryl methyl sites for hydroxylation is 2. The van der Waals surface area contributed by atoms with Gasteiger partial charge in [0.2, 0.25) is 5.88 Å². The second-order valence-corrected chi connectivity index (χ2v) is 4.01. The van der Waals surface area contributed by atoms with E-state index in [2.05, 4.69) is 4.98 Å². The van der Waals surface area contributed by atoms with Gasteiger partial charge in [0.05, 0.1) is 6.61 Å². The molecule has 16 heavy (non-hydrogen) atoms. The Morgan fingerprint density at radius 3 is 3.06 bits per heavy atom. The van der Waals surface area contributed by atoms with Crippen molar-refractivity contribution < 1.29 is 9.53 Å². The number of aromatic nitrogens is 1. The highest BCUT2D eigenvalue weighted by Crippen LogP contribution is 2.26. The number of pyridine rings is 1. The van der Waals surface area contributed by atoms with Crippen LogP contribution in [0.3, 0.4) is 0 Å². The van der Waals surface area contributed by atoms with Gasteiger partial charge in [-0.1, -0.05) is 6.92 Å². The van der Waals surface area contributed by atoms with Gasteiger partial charge in [-0.05, 0) is 37.3 Å². The summed E-state index contributed by atoms with van der Waals surface area (Å²) in [4.78, 5) is 15.7. The highest BCUT2D eigenvalue weighted by atomic mass is 16.5. The molecule has 1 aliphatic rings. The molecule has 0 aromatic carbocycles. The van der Waals surface area contributed by atoms with Gasteiger partial charge in [0, 0.05) is 5.69 Å². The SMILES string of the molecule is CCCOc1nc2c(cc1C(N)=O)CCC2. The summed E-state index contributed by atoms with van der Waals surface area (Å²) in [5.74, 6) is -0.0664. The van der Waals surface area contributed by atoms with Crippen LogP contribution in [0.25, 0.3) is 0 Å². The van der Waals surface area contributed by atoms with Gasteiger partial charge >= 0.3 is 0 Å². The highest BCUT2D eigenvalue weighted by Gasteiger charge is 2.19. The summed E-state index contributed by atoms with van der Waals surface area (Å²) in [5, 5.41) is 0. The maximum absolute atomic E-state index is 11.3. The Bertz CT molecular complexity index is 416. The van der Waals surface area contributed by atoms with Crippen LogP contribution in [-0.2, 0) is 12.8 Å². The molecule has 86 valence electrons. The molecule has 0 saturated heterocycles. The molecule has 2 rings (SSSR count). The number of hydrogen-bond donors (Lipinski definition) is 1.